The molecular formula is C25H31N7OS. The van der Waals surface area contributed by atoms with Crippen molar-refractivity contribution in [1.82, 2.24) is 29.6 Å². The molecule has 3 aromatic rings. The van der Waals surface area contributed by atoms with Crippen LogP contribution in [-0.2, 0) is 7.05 Å². The Kier molecular flexibility index (Phi) is 6.12. The Balaban J connectivity index is 1.26. The molecule has 0 radical (unpaired) electrons. The molecule has 2 fully saturated rings. The van der Waals surface area contributed by atoms with Gasteiger partial charge in [0.15, 0.2) is 0 Å². The van der Waals surface area contributed by atoms with E-state index in [-0.39, 0.29) is 11.5 Å². The number of nitrogens with one attached hydrogen (secondary N) is 1. The van der Waals surface area contributed by atoms with Gasteiger partial charge in [0.25, 0.3) is 5.88 Å². The van der Waals surface area contributed by atoms with Gasteiger partial charge in [0, 0.05) is 43.3 Å². The van der Waals surface area contributed by atoms with Crippen molar-refractivity contribution in [3.05, 3.63) is 47.2 Å². The third-order valence-corrected chi connectivity index (χ3v) is 7.61. The molecule has 1 aliphatic heterocycles. The predicted octanol–water partition coefficient (Wildman–Crippen LogP) is 5.27. The Hall–Kier alpha value is -3.20. The first kappa shape index (κ1) is 22.6. The maximum absolute atomic E-state index is 6.01. The smallest absolute Gasteiger partial charge is 0.257 e. The van der Waals surface area contributed by atoms with Crippen molar-refractivity contribution in [3.8, 4) is 17.3 Å². The van der Waals surface area contributed by atoms with Crippen molar-refractivity contribution in [3.63, 3.8) is 0 Å². The molecule has 178 valence electrons. The third kappa shape index (κ3) is 4.70. The molecule has 1 saturated heterocycles. The molecule has 3 aromatic heterocycles. The van der Waals surface area contributed by atoms with Gasteiger partial charge < -0.3 is 15.0 Å². The predicted molar refractivity (Wildman–Crippen MR) is 136 cm³/mol. The van der Waals surface area contributed by atoms with Crippen LogP contribution in [-0.4, -0.2) is 49.3 Å². The maximum atomic E-state index is 6.01. The van der Waals surface area contributed by atoms with Crippen molar-refractivity contribution < 1.29 is 4.74 Å². The Bertz CT molecular complexity index is 1210. The third-order valence-electron chi connectivity index (χ3n) is 6.80. The Morgan fingerprint density at radius 1 is 1.29 bits per heavy atom. The standard InChI is InChI=1S/C25H31N7OS/c1-17-25(2,12-14-31(17)3)11-6-9-22-27-21(16-34-22)19-10-13-26-24(28-19)29-20-15-32(4)30-23(20)33-18-7-5-8-18/h6,9-10,13,15-16,18H,1,5,7-8,11-12,14H2,2-4H3,(H,26,28,29)/b9-6+. The van der Waals surface area contributed by atoms with Gasteiger partial charge in [-0.15, -0.1) is 16.4 Å². The molecule has 0 spiro atoms. The summed E-state index contributed by atoms with van der Waals surface area (Å²) >= 11 is 1.61. The van der Waals surface area contributed by atoms with Crippen LogP contribution in [0.3, 0.4) is 0 Å². The van der Waals surface area contributed by atoms with Crippen LogP contribution in [0.1, 0.15) is 44.0 Å². The van der Waals surface area contributed by atoms with Gasteiger partial charge in [0.2, 0.25) is 5.95 Å². The number of hydrogen-bond donors (Lipinski definition) is 1. The highest BCUT2D eigenvalue weighted by Crippen LogP contribution is 2.41. The fraction of sp³-hybridized carbons (Fsp3) is 0.440. The fourth-order valence-corrected chi connectivity index (χ4v) is 4.98. The SMILES string of the molecule is C=C1N(C)CCC1(C)C/C=C/c1nc(-c2ccnc(Nc3cn(C)nc3OC3CCC3)n2)cs1. The number of allylic oxidation sites excluding steroid dienone is 2. The molecule has 0 bridgehead atoms. The lowest BCUT2D eigenvalue weighted by Gasteiger charge is -2.25. The highest BCUT2D eigenvalue weighted by Gasteiger charge is 2.34. The lowest BCUT2D eigenvalue weighted by Crippen LogP contribution is -2.25. The summed E-state index contributed by atoms with van der Waals surface area (Å²) in [6.45, 7) is 7.63. The molecule has 34 heavy (non-hydrogen) atoms. The van der Waals surface area contributed by atoms with Gasteiger partial charge in [-0.3, -0.25) is 4.68 Å². The monoisotopic (exact) mass is 477 g/mol. The second-order valence-electron chi connectivity index (χ2n) is 9.44. The second-order valence-corrected chi connectivity index (χ2v) is 10.3. The molecule has 1 aliphatic carbocycles. The van der Waals surface area contributed by atoms with Crippen LogP contribution in [0, 0.1) is 5.41 Å². The van der Waals surface area contributed by atoms with E-state index in [2.05, 4.69) is 58.0 Å². The highest BCUT2D eigenvalue weighted by molar-refractivity contribution is 7.10. The van der Waals surface area contributed by atoms with Crippen LogP contribution >= 0.6 is 11.3 Å². The van der Waals surface area contributed by atoms with Crippen molar-refractivity contribution in [2.45, 2.75) is 45.1 Å². The number of hydrogen-bond acceptors (Lipinski definition) is 8. The van der Waals surface area contributed by atoms with Crippen LogP contribution in [0.25, 0.3) is 17.5 Å². The molecule has 1 saturated carbocycles. The Labute approximate surface area is 204 Å². The van der Waals surface area contributed by atoms with Gasteiger partial charge in [-0.2, -0.15) is 0 Å². The summed E-state index contributed by atoms with van der Waals surface area (Å²) in [6.07, 6.45) is 13.7. The van der Waals surface area contributed by atoms with Crippen molar-refractivity contribution in [2.75, 3.05) is 18.9 Å². The molecule has 1 atom stereocenters. The first-order chi connectivity index (χ1) is 16.4. The summed E-state index contributed by atoms with van der Waals surface area (Å²) in [7, 11) is 3.99. The van der Waals surface area contributed by atoms with Crippen LogP contribution < -0.4 is 10.1 Å². The number of likely N-dealkylation sites (tertiary alicyclic amines) is 1. The van der Waals surface area contributed by atoms with Crippen LogP contribution in [0.2, 0.25) is 0 Å². The van der Waals surface area contributed by atoms with Crippen LogP contribution in [0.5, 0.6) is 5.88 Å². The van der Waals surface area contributed by atoms with E-state index in [1.54, 1.807) is 22.2 Å². The first-order valence-corrected chi connectivity index (χ1v) is 12.6. The number of ether oxygens (including phenoxy) is 1. The molecule has 8 nitrogen and oxygen atoms in total. The van der Waals surface area contributed by atoms with E-state index in [0.29, 0.717) is 11.8 Å². The number of thiazole rings is 1. The van der Waals surface area contributed by atoms with E-state index in [4.69, 9.17) is 9.72 Å². The van der Waals surface area contributed by atoms with E-state index in [0.717, 1.165) is 54.3 Å². The van der Waals surface area contributed by atoms with Gasteiger partial charge in [-0.25, -0.2) is 15.0 Å². The molecule has 1 unspecified atom stereocenters. The van der Waals surface area contributed by atoms with Gasteiger partial charge in [0.1, 0.15) is 22.5 Å². The van der Waals surface area contributed by atoms with Crippen molar-refractivity contribution in [1.29, 1.82) is 0 Å². The normalized spacial score (nSPS) is 20.8. The molecule has 2 aliphatic rings. The Morgan fingerprint density at radius 2 is 2.15 bits per heavy atom. The molecular weight excluding hydrogens is 446 g/mol. The minimum atomic E-state index is 0.131. The topological polar surface area (TPSA) is 81.0 Å². The van der Waals surface area contributed by atoms with Crippen LogP contribution in [0.4, 0.5) is 11.6 Å². The Morgan fingerprint density at radius 3 is 2.88 bits per heavy atom. The lowest BCUT2D eigenvalue weighted by molar-refractivity contribution is 0.114. The van der Waals surface area contributed by atoms with Gasteiger partial charge in [-0.05, 0) is 44.2 Å². The zero-order chi connectivity index (χ0) is 23.7. The summed E-state index contributed by atoms with van der Waals surface area (Å²) in [5.41, 5.74) is 3.72. The van der Waals surface area contributed by atoms with E-state index in [1.165, 1.54) is 12.1 Å². The van der Waals surface area contributed by atoms with E-state index >= 15 is 0 Å². The fourth-order valence-electron chi connectivity index (χ4n) is 4.25. The van der Waals surface area contributed by atoms with Crippen molar-refractivity contribution >= 4 is 29.0 Å². The number of aromatic nitrogens is 5. The molecule has 0 amide bonds. The summed E-state index contributed by atoms with van der Waals surface area (Å²) in [5, 5.41) is 10.7. The van der Waals surface area contributed by atoms with E-state index < -0.39 is 0 Å². The average Bonchev–Trinajstić information content (AvgIpc) is 3.46. The van der Waals surface area contributed by atoms with Crippen LogP contribution in [0.15, 0.2) is 42.2 Å². The van der Waals surface area contributed by atoms with Crippen molar-refractivity contribution in [2.24, 2.45) is 12.5 Å². The van der Waals surface area contributed by atoms with Gasteiger partial charge >= 0.3 is 0 Å². The first-order valence-electron chi connectivity index (χ1n) is 11.7. The average molecular weight is 478 g/mol. The summed E-state index contributed by atoms with van der Waals surface area (Å²) in [5.74, 6) is 1.08. The highest BCUT2D eigenvalue weighted by atomic mass is 32.1. The number of nitrogens with zero attached hydrogens (tertiary/aromatic N) is 6. The summed E-state index contributed by atoms with van der Waals surface area (Å²) in [4.78, 5) is 16.1. The zero-order valence-electron chi connectivity index (χ0n) is 20.0. The molecule has 1 N–H and O–H groups in total. The summed E-state index contributed by atoms with van der Waals surface area (Å²) < 4.78 is 7.74. The number of anilines is 2. The molecule has 0 aromatic carbocycles. The maximum Gasteiger partial charge on any atom is 0.257 e. The van der Waals surface area contributed by atoms with E-state index in [1.807, 2.05) is 24.7 Å². The quantitative estimate of drug-likeness (QED) is 0.473. The summed E-state index contributed by atoms with van der Waals surface area (Å²) in [6, 6.07) is 1.88. The van der Waals surface area contributed by atoms with E-state index in [9.17, 15) is 0 Å². The minimum absolute atomic E-state index is 0.131. The molecule has 5 rings (SSSR count). The van der Waals surface area contributed by atoms with Gasteiger partial charge in [0.05, 0.1) is 11.9 Å². The molecule has 9 heteroatoms. The lowest BCUT2D eigenvalue weighted by atomic mass is 9.83. The number of aryl methyl sites for hydroxylation is 1. The molecule has 4 heterocycles. The zero-order valence-corrected chi connectivity index (χ0v) is 20.8. The second kappa shape index (κ2) is 9.21. The number of rotatable bonds is 8. The minimum Gasteiger partial charge on any atom is -0.472 e. The largest absolute Gasteiger partial charge is 0.472 e. The van der Waals surface area contributed by atoms with Gasteiger partial charge in [-0.1, -0.05) is 19.6 Å².